The average Bonchev–Trinajstić information content (AvgIpc) is 2.79. The summed E-state index contributed by atoms with van der Waals surface area (Å²) in [6.07, 6.45) is 1.32. The number of hydrogen-bond acceptors (Lipinski definition) is 4. The molecule has 0 saturated carbocycles. The molecule has 0 unspecified atom stereocenters. The number of halogens is 1. The number of nitrogens with zero attached hydrogens (tertiary/aromatic N) is 4. The zero-order chi connectivity index (χ0) is 15.0. The smallest absolute Gasteiger partial charge is 0.345 e. The van der Waals surface area contributed by atoms with Crippen LogP contribution in [0.1, 0.15) is 0 Å². The summed E-state index contributed by atoms with van der Waals surface area (Å²) in [6, 6.07) is 4.39. The number of rotatable bonds is 2. The Morgan fingerprint density at radius 1 is 1.48 bits per heavy atom. The van der Waals surface area contributed by atoms with Crippen LogP contribution in [0.5, 0.6) is 5.75 Å². The van der Waals surface area contributed by atoms with E-state index in [-0.39, 0.29) is 25.4 Å². The predicted molar refractivity (Wildman–Crippen MR) is 71.7 cm³/mol. The maximum atomic E-state index is 13.9. The van der Waals surface area contributed by atoms with Crippen molar-refractivity contribution in [1.82, 2.24) is 14.3 Å². The number of carbonyl (C=O) groups is 1. The Kier molecular flexibility index (Phi) is 3.20. The normalized spacial score (nSPS) is 13.7. The fraction of sp³-hybridized carbons (Fsp3) is 0.308. The Labute approximate surface area is 119 Å². The molecular formula is C13H13FN4O3. The summed E-state index contributed by atoms with van der Waals surface area (Å²) in [7, 11) is 1.54. The van der Waals surface area contributed by atoms with E-state index in [1.165, 1.54) is 27.9 Å². The van der Waals surface area contributed by atoms with Crippen LogP contribution >= 0.6 is 0 Å². The van der Waals surface area contributed by atoms with Crippen LogP contribution < -0.4 is 15.3 Å². The molecule has 7 nitrogen and oxygen atoms in total. The van der Waals surface area contributed by atoms with Crippen LogP contribution in [0.3, 0.4) is 0 Å². The number of aryl methyl sites for hydroxylation is 1. The lowest BCUT2D eigenvalue weighted by molar-refractivity contribution is -0.119. The zero-order valence-corrected chi connectivity index (χ0v) is 11.3. The molecule has 0 spiro atoms. The van der Waals surface area contributed by atoms with Gasteiger partial charge in [0.1, 0.15) is 30.9 Å². The Balaban J connectivity index is 1.90. The number of fused-ring (bicyclic) bond motifs is 1. The van der Waals surface area contributed by atoms with E-state index in [9.17, 15) is 14.0 Å². The van der Waals surface area contributed by atoms with Gasteiger partial charge in [-0.05, 0) is 12.1 Å². The van der Waals surface area contributed by atoms with Gasteiger partial charge in [-0.2, -0.15) is 5.10 Å². The van der Waals surface area contributed by atoms with Crippen molar-refractivity contribution in [2.45, 2.75) is 6.54 Å². The van der Waals surface area contributed by atoms with E-state index in [0.29, 0.717) is 5.75 Å². The molecule has 0 bridgehead atoms. The summed E-state index contributed by atoms with van der Waals surface area (Å²) in [6.45, 7) is 0.265. The molecule has 21 heavy (non-hydrogen) atoms. The van der Waals surface area contributed by atoms with E-state index in [4.69, 9.17) is 4.74 Å². The summed E-state index contributed by atoms with van der Waals surface area (Å²) < 4.78 is 21.6. The van der Waals surface area contributed by atoms with Crippen LogP contribution in [-0.2, 0) is 18.4 Å². The minimum atomic E-state index is -0.533. The zero-order valence-electron chi connectivity index (χ0n) is 11.3. The van der Waals surface area contributed by atoms with Crippen LogP contribution in [0.2, 0.25) is 0 Å². The average molecular weight is 292 g/mol. The van der Waals surface area contributed by atoms with Crippen molar-refractivity contribution < 1.29 is 13.9 Å². The monoisotopic (exact) mass is 292 g/mol. The number of benzene rings is 1. The number of hydrogen-bond donors (Lipinski definition) is 0. The van der Waals surface area contributed by atoms with E-state index < -0.39 is 17.4 Å². The minimum Gasteiger partial charge on any atom is -0.489 e. The summed E-state index contributed by atoms with van der Waals surface area (Å²) in [5.41, 5.74) is -0.289. The number of carbonyl (C=O) groups excluding carboxylic acids is 1. The first-order valence-corrected chi connectivity index (χ1v) is 6.38. The van der Waals surface area contributed by atoms with Crippen molar-refractivity contribution in [2.24, 2.45) is 7.05 Å². The summed E-state index contributed by atoms with van der Waals surface area (Å²) in [5.74, 6) is -0.623. The molecule has 0 saturated heterocycles. The Hall–Kier alpha value is -2.64. The van der Waals surface area contributed by atoms with Gasteiger partial charge in [0.15, 0.2) is 5.82 Å². The van der Waals surface area contributed by atoms with Gasteiger partial charge in [0.25, 0.3) is 0 Å². The maximum Gasteiger partial charge on any atom is 0.345 e. The quantitative estimate of drug-likeness (QED) is 0.790. The molecule has 1 aromatic carbocycles. The first-order valence-electron chi connectivity index (χ1n) is 6.38. The highest BCUT2D eigenvalue weighted by Crippen LogP contribution is 2.33. The molecule has 1 aliphatic rings. The Morgan fingerprint density at radius 3 is 3.00 bits per heavy atom. The van der Waals surface area contributed by atoms with Gasteiger partial charge >= 0.3 is 5.69 Å². The van der Waals surface area contributed by atoms with Crippen molar-refractivity contribution >= 4 is 11.6 Å². The predicted octanol–water partition coefficient (Wildman–Crippen LogP) is 0.146. The number of amides is 1. The molecule has 3 rings (SSSR count). The Bertz CT molecular complexity index is 752. The number of para-hydroxylation sites is 1. The first-order chi connectivity index (χ1) is 10.1. The fourth-order valence-electron chi connectivity index (χ4n) is 2.22. The second-order valence-corrected chi connectivity index (χ2v) is 4.66. The molecular weight excluding hydrogens is 279 g/mol. The lowest BCUT2D eigenvalue weighted by Crippen LogP contribution is -2.42. The highest BCUT2D eigenvalue weighted by atomic mass is 19.1. The number of aromatic nitrogens is 3. The molecule has 0 atom stereocenters. The fourth-order valence-corrected chi connectivity index (χ4v) is 2.22. The maximum absolute atomic E-state index is 13.9. The van der Waals surface area contributed by atoms with Gasteiger partial charge in [0.2, 0.25) is 5.91 Å². The molecule has 8 heteroatoms. The third-order valence-electron chi connectivity index (χ3n) is 3.26. The molecule has 0 N–H and O–H groups in total. The molecule has 0 radical (unpaired) electrons. The van der Waals surface area contributed by atoms with E-state index in [1.54, 1.807) is 13.1 Å². The summed E-state index contributed by atoms with van der Waals surface area (Å²) in [5, 5.41) is 3.82. The third-order valence-corrected chi connectivity index (χ3v) is 3.26. The lowest BCUT2D eigenvalue weighted by Gasteiger charge is -2.29. The van der Waals surface area contributed by atoms with Crippen molar-refractivity contribution in [1.29, 1.82) is 0 Å². The standard InChI is InChI=1S/C13H13FN4O3/c1-16-8-15-18(13(16)20)7-11(19)17-5-6-21-10-4-2-3-9(14)12(10)17/h2-4,8H,5-7H2,1H3. The van der Waals surface area contributed by atoms with Gasteiger partial charge in [-0.1, -0.05) is 6.07 Å². The molecule has 1 aromatic heterocycles. The van der Waals surface area contributed by atoms with Crippen molar-refractivity contribution in [3.8, 4) is 5.75 Å². The van der Waals surface area contributed by atoms with E-state index >= 15 is 0 Å². The van der Waals surface area contributed by atoms with E-state index in [0.717, 1.165) is 4.68 Å². The number of ether oxygens (including phenoxy) is 1. The lowest BCUT2D eigenvalue weighted by atomic mass is 10.2. The molecule has 1 aliphatic heterocycles. The Morgan fingerprint density at radius 2 is 2.29 bits per heavy atom. The van der Waals surface area contributed by atoms with Crippen LogP contribution in [0.4, 0.5) is 10.1 Å². The number of anilines is 1. The van der Waals surface area contributed by atoms with Crippen molar-refractivity contribution in [2.75, 3.05) is 18.1 Å². The minimum absolute atomic E-state index is 0.109. The van der Waals surface area contributed by atoms with Gasteiger partial charge < -0.3 is 9.64 Å². The van der Waals surface area contributed by atoms with Crippen LogP contribution in [0, 0.1) is 5.82 Å². The molecule has 110 valence electrons. The van der Waals surface area contributed by atoms with Gasteiger partial charge in [-0.15, -0.1) is 0 Å². The van der Waals surface area contributed by atoms with Crippen molar-refractivity contribution in [3.05, 3.63) is 40.8 Å². The largest absolute Gasteiger partial charge is 0.489 e. The topological polar surface area (TPSA) is 69.4 Å². The van der Waals surface area contributed by atoms with Gasteiger partial charge in [0.05, 0.1) is 6.54 Å². The van der Waals surface area contributed by atoms with Crippen LogP contribution in [0.15, 0.2) is 29.3 Å². The van der Waals surface area contributed by atoms with Gasteiger partial charge in [-0.25, -0.2) is 13.9 Å². The van der Waals surface area contributed by atoms with Crippen molar-refractivity contribution in [3.63, 3.8) is 0 Å². The SMILES string of the molecule is Cn1cnn(CC(=O)N2CCOc3cccc(F)c32)c1=O. The molecule has 2 aromatic rings. The highest BCUT2D eigenvalue weighted by molar-refractivity contribution is 5.95. The molecule has 0 aliphatic carbocycles. The summed E-state index contributed by atoms with van der Waals surface area (Å²) >= 11 is 0. The molecule has 1 amide bonds. The first kappa shape index (κ1) is 13.3. The molecule has 0 fully saturated rings. The van der Waals surface area contributed by atoms with E-state index in [2.05, 4.69) is 5.10 Å². The highest BCUT2D eigenvalue weighted by Gasteiger charge is 2.27. The van der Waals surface area contributed by atoms with Gasteiger partial charge in [-0.3, -0.25) is 9.36 Å². The van der Waals surface area contributed by atoms with Gasteiger partial charge in [0, 0.05) is 7.05 Å². The summed E-state index contributed by atoms with van der Waals surface area (Å²) in [4.78, 5) is 25.3. The van der Waals surface area contributed by atoms with Crippen LogP contribution in [0.25, 0.3) is 0 Å². The molecule has 2 heterocycles. The van der Waals surface area contributed by atoms with E-state index in [1.807, 2.05) is 0 Å². The second-order valence-electron chi connectivity index (χ2n) is 4.66. The van der Waals surface area contributed by atoms with Crippen LogP contribution in [-0.4, -0.2) is 33.4 Å². The second kappa shape index (κ2) is 5.04. The third kappa shape index (κ3) is 2.28.